The summed E-state index contributed by atoms with van der Waals surface area (Å²) in [6.45, 7) is 2.69. The second-order valence-corrected chi connectivity index (χ2v) is 6.30. The number of aryl methyl sites for hydroxylation is 1. The number of hydrogen-bond acceptors (Lipinski definition) is 1. The second-order valence-electron chi connectivity index (χ2n) is 6.30. The first-order valence-electron chi connectivity index (χ1n) is 8.10. The number of rotatable bonds is 3. The summed E-state index contributed by atoms with van der Waals surface area (Å²) < 4.78 is 16.0. The van der Waals surface area contributed by atoms with Gasteiger partial charge in [-0.3, -0.25) is 4.79 Å². The fourth-order valence-corrected chi connectivity index (χ4v) is 3.49. The lowest BCUT2D eigenvalue weighted by Gasteiger charge is -2.09. The molecule has 4 heteroatoms. The van der Waals surface area contributed by atoms with Gasteiger partial charge >= 0.3 is 0 Å². The van der Waals surface area contributed by atoms with Crippen molar-refractivity contribution in [3.63, 3.8) is 0 Å². The number of carbonyl (C=O) groups is 1. The van der Waals surface area contributed by atoms with Gasteiger partial charge in [0.2, 0.25) is 5.91 Å². The minimum atomic E-state index is -0.510. The fraction of sp³-hybridized carbons (Fsp3) is 0.0952. The van der Waals surface area contributed by atoms with Crippen LogP contribution in [0.4, 0.5) is 4.39 Å². The number of benzene rings is 3. The van der Waals surface area contributed by atoms with Gasteiger partial charge in [-0.25, -0.2) is 4.39 Å². The van der Waals surface area contributed by atoms with Crippen LogP contribution in [-0.2, 0) is 6.54 Å². The van der Waals surface area contributed by atoms with Gasteiger partial charge in [-0.05, 0) is 42.8 Å². The van der Waals surface area contributed by atoms with Crippen molar-refractivity contribution in [3.8, 4) is 0 Å². The Morgan fingerprint density at radius 2 is 1.84 bits per heavy atom. The molecule has 3 nitrogen and oxygen atoms in total. The highest BCUT2D eigenvalue weighted by molar-refractivity contribution is 6.17. The third kappa shape index (κ3) is 2.56. The van der Waals surface area contributed by atoms with E-state index in [4.69, 9.17) is 5.73 Å². The molecule has 0 saturated carbocycles. The molecular formula is C21H17FN2O. The van der Waals surface area contributed by atoms with Crippen LogP contribution in [0.1, 0.15) is 21.5 Å². The molecular weight excluding hydrogens is 315 g/mol. The Morgan fingerprint density at radius 1 is 1.04 bits per heavy atom. The van der Waals surface area contributed by atoms with E-state index in [1.54, 1.807) is 12.1 Å². The van der Waals surface area contributed by atoms with Gasteiger partial charge in [0.15, 0.2) is 0 Å². The first-order chi connectivity index (χ1) is 12.0. The Labute approximate surface area is 144 Å². The quantitative estimate of drug-likeness (QED) is 0.594. The van der Waals surface area contributed by atoms with Crippen LogP contribution < -0.4 is 5.73 Å². The van der Waals surface area contributed by atoms with Crippen molar-refractivity contribution in [3.05, 3.63) is 83.2 Å². The van der Waals surface area contributed by atoms with Crippen LogP contribution in [-0.4, -0.2) is 10.5 Å². The molecule has 0 atom stereocenters. The van der Waals surface area contributed by atoms with E-state index in [1.807, 2.05) is 18.2 Å². The maximum Gasteiger partial charge on any atom is 0.249 e. The number of nitrogens with two attached hydrogens (primary N) is 1. The zero-order valence-electron chi connectivity index (χ0n) is 13.8. The first-order valence-corrected chi connectivity index (χ1v) is 8.10. The van der Waals surface area contributed by atoms with Gasteiger partial charge in [0.1, 0.15) is 5.82 Å². The summed E-state index contributed by atoms with van der Waals surface area (Å²) in [5, 5.41) is 1.41. The van der Waals surface area contributed by atoms with Gasteiger partial charge in [0.05, 0.1) is 5.52 Å². The first kappa shape index (κ1) is 15.4. The Hall–Kier alpha value is -3.14. The molecule has 0 spiro atoms. The summed E-state index contributed by atoms with van der Waals surface area (Å²) in [5.74, 6) is -0.842. The highest BCUT2D eigenvalue weighted by atomic mass is 19.1. The van der Waals surface area contributed by atoms with Crippen molar-refractivity contribution >= 4 is 27.7 Å². The summed E-state index contributed by atoms with van der Waals surface area (Å²) in [7, 11) is 0. The topological polar surface area (TPSA) is 48.0 Å². The summed E-state index contributed by atoms with van der Waals surface area (Å²) in [6.07, 6.45) is 0. The molecule has 124 valence electrons. The molecule has 3 aromatic carbocycles. The Morgan fingerprint density at radius 3 is 2.60 bits per heavy atom. The highest BCUT2D eigenvalue weighted by Crippen LogP contribution is 2.32. The van der Waals surface area contributed by atoms with E-state index in [1.165, 1.54) is 17.7 Å². The molecule has 0 aliphatic heterocycles. The SMILES string of the molecule is Cc1cccc(Cn2c3ccc(F)cc3c3c(C(N)=O)cccc32)c1. The molecule has 1 amide bonds. The average Bonchev–Trinajstić information content (AvgIpc) is 2.88. The van der Waals surface area contributed by atoms with E-state index < -0.39 is 5.91 Å². The predicted molar refractivity (Wildman–Crippen MR) is 98.2 cm³/mol. The van der Waals surface area contributed by atoms with Crippen LogP contribution >= 0.6 is 0 Å². The van der Waals surface area contributed by atoms with E-state index in [0.717, 1.165) is 16.6 Å². The monoisotopic (exact) mass is 332 g/mol. The summed E-state index contributed by atoms with van der Waals surface area (Å²) in [5.41, 5.74) is 10.0. The van der Waals surface area contributed by atoms with Gasteiger partial charge in [-0.2, -0.15) is 0 Å². The normalized spacial score (nSPS) is 11.3. The number of carbonyl (C=O) groups excluding carboxylic acids is 1. The van der Waals surface area contributed by atoms with Gasteiger partial charge < -0.3 is 10.3 Å². The Balaban J connectivity index is 2.05. The molecule has 1 heterocycles. The number of amides is 1. The zero-order chi connectivity index (χ0) is 17.6. The van der Waals surface area contributed by atoms with Crippen LogP contribution in [0.2, 0.25) is 0 Å². The Bertz CT molecular complexity index is 1130. The Kier molecular flexibility index (Phi) is 3.53. The fourth-order valence-electron chi connectivity index (χ4n) is 3.49. The van der Waals surface area contributed by atoms with E-state index in [0.29, 0.717) is 22.9 Å². The van der Waals surface area contributed by atoms with Crippen molar-refractivity contribution < 1.29 is 9.18 Å². The number of aromatic nitrogens is 1. The third-order valence-electron chi connectivity index (χ3n) is 4.54. The van der Waals surface area contributed by atoms with Crippen LogP contribution in [0, 0.1) is 12.7 Å². The maximum absolute atomic E-state index is 13.9. The average molecular weight is 332 g/mol. The van der Waals surface area contributed by atoms with Gasteiger partial charge in [-0.1, -0.05) is 35.9 Å². The summed E-state index contributed by atoms with van der Waals surface area (Å²) >= 11 is 0. The molecule has 4 aromatic rings. The van der Waals surface area contributed by atoms with Crippen LogP contribution in [0.3, 0.4) is 0 Å². The van der Waals surface area contributed by atoms with E-state index in [2.05, 4.69) is 29.7 Å². The molecule has 25 heavy (non-hydrogen) atoms. The zero-order valence-corrected chi connectivity index (χ0v) is 13.8. The van der Waals surface area contributed by atoms with Crippen LogP contribution in [0.15, 0.2) is 60.7 Å². The molecule has 0 fully saturated rings. The van der Waals surface area contributed by atoms with Gasteiger partial charge in [0, 0.05) is 28.4 Å². The molecule has 0 aliphatic carbocycles. The lowest BCUT2D eigenvalue weighted by atomic mass is 10.1. The lowest BCUT2D eigenvalue weighted by molar-refractivity contribution is 0.100. The number of hydrogen-bond donors (Lipinski definition) is 1. The van der Waals surface area contributed by atoms with Crippen molar-refractivity contribution in [1.82, 2.24) is 4.57 Å². The highest BCUT2D eigenvalue weighted by Gasteiger charge is 2.17. The number of nitrogens with zero attached hydrogens (tertiary/aromatic N) is 1. The van der Waals surface area contributed by atoms with Crippen molar-refractivity contribution in [2.75, 3.05) is 0 Å². The second kappa shape index (κ2) is 5.74. The van der Waals surface area contributed by atoms with Gasteiger partial charge in [-0.15, -0.1) is 0 Å². The standard InChI is InChI=1S/C21H17FN2O/c1-13-4-2-5-14(10-13)12-24-18-9-8-15(22)11-17(18)20-16(21(23)25)6-3-7-19(20)24/h2-11H,12H2,1H3,(H2,23,25). The maximum atomic E-state index is 13.9. The summed E-state index contributed by atoms with van der Waals surface area (Å²) in [6, 6.07) is 18.4. The minimum absolute atomic E-state index is 0.332. The van der Waals surface area contributed by atoms with E-state index in [-0.39, 0.29) is 5.82 Å². The van der Waals surface area contributed by atoms with E-state index in [9.17, 15) is 9.18 Å². The summed E-state index contributed by atoms with van der Waals surface area (Å²) in [4.78, 5) is 11.9. The van der Waals surface area contributed by atoms with Crippen LogP contribution in [0.25, 0.3) is 21.8 Å². The third-order valence-corrected chi connectivity index (χ3v) is 4.54. The van der Waals surface area contributed by atoms with Crippen molar-refractivity contribution in [2.45, 2.75) is 13.5 Å². The minimum Gasteiger partial charge on any atom is -0.366 e. The van der Waals surface area contributed by atoms with E-state index >= 15 is 0 Å². The molecule has 2 N–H and O–H groups in total. The molecule has 4 rings (SSSR count). The van der Waals surface area contributed by atoms with Crippen LogP contribution in [0.5, 0.6) is 0 Å². The lowest BCUT2D eigenvalue weighted by Crippen LogP contribution is -2.11. The number of primary amides is 1. The molecule has 0 aliphatic rings. The predicted octanol–water partition coefficient (Wildman–Crippen LogP) is 4.39. The molecule has 0 saturated heterocycles. The van der Waals surface area contributed by atoms with Crippen molar-refractivity contribution in [2.24, 2.45) is 5.73 Å². The van der Waals surface area contributed by atoms with Crippen molar-refractivity contribution in [1.29, 1.82) is 0 Å². The molecule has 1 aromatic heterocycles. The largest absolute Gasteiger partial charge is 0.366 e. The molecule has 0 unspecified atom stereocenters. The number of halogens is 1. The van der Waals surface area contributed by atoms with Gasteiger partial charge in [0.25, 0.3) is 0 Å². The smallest absolute Gasteiger partial charge is 0.249 e. The molecule has 0 radical (unpaired) electrons. The molecule has 0 bridgehead atoms. The number of fused-ring (bicyclic) bond motifs is 3.